The summed E-state index contributed by atoms with van der Waals surface area (Å²) in [7, 11) is 0. The second kappa shape index (κ2) is 11.8. The van der Waals surface area contributed by atoms with Crippen LogP contribution in [0.5, 0.6) is 0 Å². The van der Waals surface area contributed by atoms with Crippen LogP contribution in [0.15, 0.2) is 41.7 Å². The predicted molar refractivity (Wildman–Crippen MR) is 146 cm³/mol. The number of rotatable bonds is 10. The van der Waals surface area contributed by atoms with E-state index in [2.05, 4.69) is 39.3 Å². The highest BCUT2D eigenvalue weighted by Crippen LogP contribution is 2.29. The van der Waals surface area contributed by atoms with Crippen LogP contribution in [0.3, 0.4) is 0 Å². The highest BCUT2D eigenvalue weighted by molar-refractivity contribution is 6.53. The van der Waals surface area contributed by atoms with Gasteiger partial charge in [0.1, 0.15) is 30.5 Å². The molecular weight excluding hydrogens is 503 g/mol. The topological polar surface area (TPSA) is 122 Å². The minimum absolute atomic E-state index is 0.0751. The average molecular weight is 539 g/mol. The van der Waals surface area contributed by atoms with E-state index in [1.165, 1.54) is 4.90 Å². The number of carbonyl (C=O) groups excluding carboxylic acids is 2. The van der Waals surface area contributed by atoms with Gasteiger partial charge >= 0.3 is 6.09 Å². The summed E-state index contributed by atoms with van der Waals surface area (Å²) < 4.78 is 18.0. The van der Waals surface area contributed by atoms with Crippen molar-refractivity contribution in [1.29, 1.82) is 0 Å². The van der Waals surface area contributed by atoms with Crippen LogP contribution in [0, 0.1) is 5.92 Å². The molecule has 3 aromatic rings. The monoisotopic (exact) mass is 538 g/mol. The Morgan fingerprint density at radius 3 is 2.74 bits per heavy atom. The van der Waals surface area contributed by atoms with E-state index in [1.54, 1.807) is 18.3 Å². The standard InChI is InChI=1S/C28H35FN6O4/c1-17(2)8-10-20(33-27(37)39-28(3,4)5)18-9-11-21-22(15-18)32-23(31-21)16-35-25-19(7-6-13-30-25)24(26(35)36)34-38-14-12-29/h6-7,9,11,13,15,17,20H,8,10,12,14,16H2,1-5H3,(H,31,32)(H,33,37). The molecule has 1 aromatic carbocycles. The number of hydrogen-bond donors (Lipinski definition) is 2. The number of H-pyrrole nitrogens is 1. The van der Waals surface area contributed by atoms with Gasteiger partial charge in [0.15, 0.2) is 5.71 Å². The zero-order valence-corrected chi connectivity index (χ0v) is 23.0. The molecule has 0 fully saturated rings. The van der Waals surface area contributed by atoms with Gasteiger partial charge in [0.2, 0.25) is 0 Å². The summed E-state index contributed by atoms with van der Waals surface area (Å²) in [4.78, 5) is 44.4. The lowest BCUT2D eigenvalue weighted by atomic mass is 9.97. The summed E-state index contributed by atoms with van der Waals surface area (Å²) in [6.07, 6.45) is 2.80. The maximum Gasteiger partial charge on any atom is 0.408 e. The number of carbonyl (C=O) groups is 2. The molecule has 3 heterocycles. The minimum atomic E-state index is -0.707. The molecule has 0 saturated heterocycles. The molecule has 0 radical (unpaired) electrons. The third kappa shape index (κ3) is 6.90. The summed E-state index contributed by atoms with van der Waals surface area (Å²) in [5.74, 6) is 1.05. The van der Waals surface area contributed by atoms with Crippen LogP contribution in [0.4, 0.5) is 15.0 Å². The molecule has 0 saturated carbocycles. The Labute approximate surface area is 227 Å². The third-order valence-electron chi connectivity index (χ3n) is 6.06. The van der Waals surface area contributed by atoms with E-state index in [-0.39, 0.29) is 24.9 Å². The summed E-state index contributed by atoms with van der Waals surface area (Å²) >= 11 is 0. The van der Waals surface area contributed by atoms with Crippen LogP contribution in [0.25, 0.3) is 11.0 Å². The molecule has 0 aliphatic carbocycles. The molecule has 10 nitrogen and oxygen atoms in total. The quantitative estimate of drug-likeness (QED) is 0.270. The van der Waals surface area contributed by atoms with Crippen molar-refractivity contribution in [3.63, 3.8) is 0 Å². The lowest BCUT2D eigenvalue weighted by Crippen LogP contribution is -2.35. The number of alkyl halides is 1. The zero-order valence-electron chi connectivity index (χ0n) is 23.0. The Hall–Kier alpha value is -4.02. The number of halogens is 1. The lowest BCUT2D eigenvalue weighted by Gasteiger charge is -2.24. The van der Waals surface area contributed by atoms with E-state index in [4.69, 9.17) is 9.57 Å². The Balaban J connectivity index is 1.57. The molecule has 0 spiro atoms. The molecule has 1 aliphatic heterocycles. The van der Waals surface area contributed by atoms with Crippen LogP contribution >= 0.6 is 0 Å². The van der Waals surface area contributed by atoms with E-state index in [0.717, 1.165) is 29.4 Å². The highest BCUT2D eigenvalue weighted by Gasteiger charge is 2.36. The maximum atomic E-state index is 13.1. The Morgan fingerprint density at radius 1 is 1.23 bits per heavy atom. The largest absolute Gasteiger partial charge is 0.444 e. The van der Waals surface area contributed by atoms with Gasteiger partial charge in [-0.3, -0.25) is 9.69 Å². The molecule has 2 N–H and O–H groups in total. The first kappa shape index (κ1) is 28.0. The molecule has 4 rings (SSSR count). The predicted octanol–water partition coefficient (Wildman–Crippen LogP) is 5.20. The van der Waals surface area contributed by atoms with Crippen molar-refractivity contribution in [3.8, 4) is 0 Å². The molecule has 2 amide bonds. The molecule has 39 heavy (non-hydrogen) atoms. The van der Waals surface area contributed by atoms with Gasteiger partial charge < -0.3 is 19.9 Å². The van der Waals surface area contributed by atoms with Crippen molar-refractivity contribution in [2.75, 3.05) is 18.2 Å². The van der Waals surface area contributed by atoms with E-state index >= 15 is 0 Å². The highest BCUT2D eigenvalue weighted by atomic mass is 19.1. The van der Waals surface area contributed by atoms with E-state index in [0.29, 0.717) is 23.1 Å². The van der Waals surface area contributed by atoms with Gasteiger partial charge in [-0.15, -0.1) is 0 Å². The lowest BCUT2D eigenvalue weighted by molar-refractivity contribution is -0.112. The number of nitrogens with zero attached hydrogens (tertiary/aromatic N) is 4. The first-order valence-corrected chi connectivity index (χ1v) is 13.1. The number of pyridine rings is 1. The van der Waals surface area contributed by atoms with Crippen LogP contribution in [0.2, 0.25) is 0 Å². The van der Waals surface area contributed by atoms with Crippen molar-refractivity contribution in [1.82, 2.24) is 20.3 Å². The Bertz CT molecular complexity index is 1360. The van der Waals surface area contributed by atoms with E-state index in [9.17, 15) is 14.0 Å². The first-order chi connectivity index (χ1) is 18.6. The normalized spacial score (nSPS) is 15.2. The minimum Gasteiger partial charge on any atom is -0.444 e. The van der Waals surface area contributed by atoms with Gasteiger partial charge in [-0.1, -0.05) is 25.1 Å². The number of anilines is 1. The number of amides is 2. The third-order valence-corrected chi connectivity index (χ3v) is 6.06. The second-order valence-electron chi connectivity index (χ2n) is 10.9. The number of ether oxygens (including phenoxy) is 1. The fourth-order valence-corrected chi connectivity index (χ4v) is 4.31. The number of oxime groups is 1. The molecule has 2 aromatic heterocycles. The second-order valence-corrected chi connectivity index (χ2v) is 10.9. The number of imidazole rings is 1. The number of nitrogens with one attached hydrogen (secondary N) is 2. The van der Waals surface area contributed by atoms with Crippen LogP contribution < -0.4 is 10.2 Å². The van der Waals surface area contributed by atoms with Gasteiger partial charge in [-0.2, -0.15) is 0 Å². The molecule has 1 aliphatic rings. The van der Waals surface area contributed by atoms with Crippen LogP contribution in [0.1, 0.15) is 70.5 Å². The van der Waals surface area contributed by atoms with Gasteiger partial charge in [0.05, 0.1) is 29.2 Å². The fraction of sp³-hybridized carbons (Fsp3) is 0.464. The summed E-state index contributed by atoms with van der Waals surface area (Å²) in [6, 6.07) is 8.98. The van der Waals surface area contributed by atoms with Crippen LogP contribution in [-0.4, -0.2) is 51.5 Å². The van der Waals surface area contributed by atoms with Crippen molar-refractivity contribution >= 4 is 34.6 Å². The number of aromatic nitrogens is 3. The molecule has 11 heteroatoms. The van der Waals surface area contributed by atoms with E-state index < -0.39 is 24.3 Å². The average Bonchev–Trinajstić information content (AvgIpc) is 3.39. The molecule has 208 valence electrons. The summed E-state index contributed by atoms with van der Waals surface area (Å²) in [6.45, 7) is 8.97. The van der Waals surface area contributed by atoms with Crippen molar-refractivity contribution in [2.24, 2.45) is 11.1 Å². The van der Waals surface area contributed by atoms with Gasteiger partial charge in [0, 0.05) is 6.20 Å². The SMILES string of the molecule is CC(C)CCC(NC(=O)OC(C)(C)C)c1ccc2nc(CN3C(=O)C(=NOCCF)c4cccnc43)[nH]c2c1. The number of aromatic amines is 1. The molecule has 1 atom stereocenters. The number of fused-ring (bicyclic) bond motifs is 2. The number of hydrogen-bond acceptors (Lipinski definition) is 7. The van der Waals surface area contributed by atoms with Gasteiger partial charge in [0.25, 0.3) is 5.91 Å². The van der Waals surface area contributed by atoms with Gasteiger partial charge in [-0.25, -0.2) is 19.2 Å². The summed E-state index contributed by atoms with van der Waals surface area (Å²) in [5, 5.41) is 6.86. The molecule has 0 bridgehead atoms. The fourth-order valence-electron chi connectivity index (χ4n) is 4.31. The number of alkyl carbamates (subject to hydrolysis) is 1. The Morgan fingerprint density at radius 2 is 2.03 bits per heavy atom. The number of benzene rings is 1. The van der Waals surface area contributed by atoms with Gasteiger partial charge in [-0.05, 0) is 69.4 Å². The smallest absolute Gasteiger partial charge is 0.408 e. The van der Waals surface area contributed by atoms with Crippen molar-refractivity contribution < 1.29 is 23.6 Å². The molecule has 1 unspecified atom stereocenters. The van der Waals surface area contributed by atoms with E-state index in [1.807, 2.05) is 39.0 Å². The van der Waals surface area contributed by atoms with Crippen molar-refractivity contribution in [3.05, 3.63) is 53.5 Å². The van der Waals surface area contributed by atoms with Crippen LogP contribution in [-0.2, 0) is 20.9 Å². The maximum absolute atomic E-state index is 13.1. The first-order valence-electron chi connectivity index (χ1n) is 13.1. The van der Waals surface area contributed by atoms with Crippen molar-refractivity contribution in [2.45, 2.75) is 65.6 Å². The zero-order chi connectivity index (χ0) is 28.2. The molecular formula is C28H35FN6O4. The Kier molecular flexibility index (Phi) is 8.47. The summed E-state index contributed by atoms with van der Waals surface area (Å²) in [5.41, 5.74) is 2.41.